The van der Waals surface area contributed by atoms with Crippen LogP contribution in [0.4, 0.5) is 5.82 Å². The van der Waals surface area contributed by atoms with Gasteiger partial charge in [0.1, 0.15) is 5.75 Å². The molecule has 2 aromatic heterocycles. The molecule has 1 fully saturated rings. The summed E-state index contributed by atoms with van der Waals surface area (Å²) in [5.41, 5.74) is 2.23. The van der Waals surface area contributed by atoms with Crippen molar-refractivity contribution in [2.24, 2.45) is 0 Å². The van der Waals surface area contributed by atoms with Crippen LogP contribution in [-0.2, 0) is 0 Å². The number of hydrogen-bond acceptors (Lipinski definition) is 5. The number of nitrogens with zero attached hydrogens (tertiary/aromatic N) is 5. The fourth-order valence-electron chi connectivity index (χ4n) is 3.60. The number of piperidine rings is 1. The minimum Gasteiger partial charge on any atom is -0.507 e. The van der Waals surface area contributed by atoms with Crippen molar-refractivity contribution in [3.8, 4) is 22.7 Å². The van der Waals surface area contributed by atoms with Gasteiger partial charge in [0, 0.05) is 36.1 Å². The molecule has 0 spiro atoms. The first kappa shape index (κ1) is 16.6. The third kappa shape index (κ3) is 3.03. The number of hydrogen-bond donors (Lipinski definition) is 1. The highest BCUT2D eigenvalue weighted by Gasteiger charge is 2.30. The van der Waals surface area contributed by atoms with Gasteiger partial charge in [0.2, 0.25) is 0 Å². The van der Waals surface area contributed by atoms with Crippen LogP contribution in [0.5, 0.6) is 5.75 Å². The summed E-state index contributed by atoms with van der Waals surface area (Å²) in [6.45, 7) is 5.51. The quantitative estimate of drug-likeness (QED) is 0.779. The summed E-state index contributed by atoms with van der Waals surface area (Å²) >= 11 is 0. The van der Waals surface area contributed by atoms with Crippen LogP contribution >= 0.6 is 0 Å². The molecule has 6 nitrogen and oxygen atoms in total. The Morgan fingerprint density at radius 2 is 1.96 bits per heavy atom. The predicted octanol–water partition coefficient (Wildman–Crippen LogP) is 3.80. The Hall–Kier alpha value is -2.89. The Balaban J connectivity index is 1.61. The molecule has 1 aliphatic heterocycles. The van der Waals surface area contributed by atoms with Gasteiger partial charge in [0.15, 0.2) is 5.82 Å². The average Bonchev–Trinajstić information content (AvgIpc) is 3.16. The first-order valence-corrected chi connectivity index (χ1v) is 8.99. The second-order valence-corrected chi connectivity index (χ2v) is 7.35. The summed E-state index contributed by atoms with van der Waals surface area (Å²) < 4.78 is 1.71. The van der Waals surface area contributed by atoms with Gasteiger partial charge in [0.05, 0.1) is 11.4 Å². The highest BCUT2D eigenvalue weighted by molar-refractivity contribution is 5.69. The topological polar surface area (TPSA) is 67.1 Å². The molecular formula is C20H23N5O. The van der Waals surface area contributed by atoms with Crippen LogP contribution in [0.25, 0.3) is 16.9 Å². The Morgan fingerprint density at radius 1 is 1.08 bits per heavy atom. The molecule has 0 radical (unpaired) electrons. The fourth-order valence-corrected chi connectivity index (χ4v) is 3.60. The number of aromatic nitrogens is 4. The molecule has 3 heterocycles. The molecule has 0 saturated carbocycles. The molecule has 1 aliphatic rings. The summed E-state index contributed by atoms with van der Waals surface area (Å²) in [5.74, 6) is 1.06. The van der Waals surface area contributed by atoms with Crippen molar-refractivity contribution in [2.45, 2.75) is 38.6 Å². The molecule has 0 atom stereocenters. The number of benzene rings is 1. The van der Waals surface area contributed by atoms with Crippen molar-refractivity contribution in [1.82, 2.24) is 20.0 Å². The summed E-state index contributed by atoms with van der Waals surface area (Å²) in [6.07, 6.45) is 7.14. The van der Waals surface area contributed by atoms with Crippen molar-refractivity contribution in [3.63, 3.8) is 0 Å². The van der Waals surface area contributed by atoms with Crippen LogP contribution in [0.15, 0.2) is 48.8 Å². The molecule has 0 aliphatic carbocycles. The Kier molecular flexibility index (Phi) is 4.11. The van der Waals surface area contributed by atoms with Crippen molar-refractivity contribution in [2.75, 3.05) is 11.4 Å². The number of phenolic OH excluding ortho intramolecular Hbond substituents is 1. The van der Waals surface area contributed by atoms with Crippen molar-refractivity contribution < 1.29 is 5.11 Å². The van der Waals surface area contributed by atoms with Crippen LogP contribution in [0.2, 0.25) is 0 Å². The normalized spacial score (nSPS) is 16.6. The maximum Gasteiger partial charge on any atom is 0.151 e. The molecule has 0 amide bonds. The van der Waals surface area contributed by atoms with Crippen molar-refractivity contribution in [1.29, 1.82) is 0 Å². The van der Waals surface area contributed by atoms with E-state index in [2.05, 4.69) is 34.0 Å². The van der Waals surface area contributed by atoms with Crippen molar-refractivity contribution >= 4 is 5.82 Å². The van der Waals surface area contributed by atoms with Gasteiger partial charge in [0.25, 0.3) is 0 Å². The molecule has 4 rings (SSSR count). The van der Waals surface area contributed by atoms with E-state index in [1.165, 1.54) is 12.8 Å². The zero-order chi connectivity index (χ0) is 18.1. The summed E-state index contributed by atoms with van der Waals surface area (Å²) in [7, 11) is 0. The highest BCUT2D eigenvalue weighted by atomic mass is 16.3. The molecule has 3 aromatic rings. The van der Waals surface area contributed by atoms with Gasteiger partial charge in [-0.05, 0) is 63.4 Å². The molecule has 1 aromatic carbocycles. The smallest absolute Gasteiger partial charge is 0.151 e. The van der Waals surface area contributed by atoms with Crippen LogP contribution < -0.4 is 4.90 Å². The van der Waals surface area contributed by atoms with E-state index in [-0.39, 0.29) is 11.3 Å². The van der Waals surface area contributed by atoms with Crippen LogP contribution in [0.1, 0.15) is 33.1 Å². The average molecular weight is 349 g/mol. The predicted molar refractivity (Wildman–Crippen MR) is 102 cm³/mol. The Morgan fingerprint density at radius 3 is 2.62 bits per heavy atom. The first-order valence-electron chi connectivity index (χ1n) is 8.99. The molecular weight excluding hydrogens is 326 g/mol. The second-order valence-electron chi connectivity index (χ2n) is 7.35. The Bertz CT molecular complexity index is 887. The maximum atomic E-state index is 10.4. The number of anilines is 1. The van der Waals surface area contributed by atoms with Gasteiger partial charge in [-0.2, -0.15) is 5.10 Å². The van der Waals surface area contributed by atoms with Gasteiger partial charge in [-0.15, -0.1) is 10.2 Å². The van der Waals surface area contributed by atoms with Gasteiger partial charge in [-0.1, -0.05) is 0 Å². The van der Waals surface area contributed by atoms with Crippen LogP contribution in [-0.4, -0.2) is 37.2 Å². The number of phenols is 1. The van der Waals surface area contributed by atoms with E-state index >= 15 is 0 Å². The van der Waals surface area contributed by atoms with E-state index in [0.29, 0.717) is 11.3 Å². The molecule has 6 heteroatoms. The lowest BCUT2D eigenvalue weighted by atomic mass is 9.90. The van der Waals surface area contributed by atoms with Gasteiger partial charge < -0.3 is 10.0 Å². The highest BCUT2D eigenvalue weighted by Crippen LogP contribution is 2.33. The zero-order valence-corrected chi connectivity index (χ0v) is 15.1. The Labute approximate surface area is 153 Å². The molecule has 0 bridgehead atoms. The monoisotopic (exact) mass is 349 g/mol. The van der Waals surface area contributed by atoms with E-state index in [4.69, 9.17) is 0 Å². The minimum absolute atomic E-state index is 0.0992. The minimum atomic E-state index is 0.0992. The van der Waals surface area contributed by atoms with E-state index in [9.17, 15) is 5.11 Å². The van der Waals surface area contributed by atoms with E-state index in [1.807, 2.05) is 36.5 Å². The lowest BCUT2D eigenvalue weighted by molar-refractivity contribution is 0.358. The second kappa shape index (κ2) is 6.44. The van der Waals surface area contributed by atoms with Gasteiger partial charge in [-0.3, -0.25) is 0 Å². The summed E-state index contributed by atoms with van der Waals surface area (Å²) in [6, 6.07) is 11.2. The third-order valence-electron chi connectivity index (χ3n) is 5.10. The molecule has 0 unspecified atom stereocenters. The summed E-state index contributed by atoms with van der Waals surface area (Å²) in [4.78, 5) is 2.33. The molecule has 134 valence electrons. The SMILES string of the molecule is CC1(C)CCCCN1c1ccc(-c2ccc(-n3cccn3)cc2O)nn1. The lowest BCUT2D eigenvalue weighted by Crippen LogP contribution is -2.48. The largest absolute Gasteiger partial charge is 0.507 e. The number of aromatic hydroxyl groups is 1. The summed E-state index contributed by atoms with van der Waals surface area (Å²) in [5, 5.41) is 23.4. The standard InChI is InChI=1S/C20H23N5O/c1-20(2)10-3-4-12-24(20)19-9-8-17(22-23-19)16-7-6-15(14-18(16)26)25-13-5-11-21-25/h5-9,11,13-14,26H,3-4,10,12H2,1-2H3. The molecule has 1 saturated heterocycles. The van der Waals surface area contributed by atoms with E-state index in [0.717, 1.165) is 24.5 Å². The van der Waals surface area contributed by atoms with E-state index in [1.54, 1.807) is 16.9 Å². The van der Waals surface area contributed by atoms with Crippen LogP contribution in [0, 0.1) is 0 Å². The van der Waals surface area contributed by atoms with Gasteiger partial charge >= 0.3 is 0 Å². The maximum absolute atomic E-state index is 10.4. The van der Waals surface area contributed by atoms with Crippen LogP contribution in [0.3, 0.4) is 0 Å². The zero-order valence-electron chi connectivity index (χ0n) is 15.1. The van der Waals surface area contributed by atoms with E-state index < -0.39 is 0 Å². The third-order valence-corrected chi connectivity index (χ3v) is 5.10. The molecule has 1 N–H and O–H groups in total. The fraction of sp³-hybridized carbons (Fsp3) is 0.350. The number of rotatable bonds is 3. The van der Waals surface area contributed by atoms with Gasteiger partial charge in [-0.25, -0.2) is 4.68 Å². The molecule has 26 heavy (non-hydrogen) atoms. The van der Waals surface area contributed by atoms with Crippen molar-refractivity contribution in [3.05, 3.63) is 48.8 Å². The lowest BCUT2D eigenvalue weighted by Gasteiger charge is -2.43. The first-order chi connectivity index (χ1) is 12.5.